The van der Waals surface area contributed by atoms with Gasteiger partial charge >= 0.3 is 0 Å². The molecule has 2 saturated carbocycles. The Morgan fingerprint density at radius 1 is 1.02 bits per heavy atom. The number of aliphatic hydroxyl groups is 1. The van der Waals surface area contributed by atoms with E-state index in [2.05, 4.69) is 22.2 Å². The smallest absolute Gasteiger partial charge is 0.264 e. The van der Waals surface area contributed by atoms with Crippen LogP contribution in [0, 0.1) is 11.8 Å². The molecule has 1 aliphatic heterocycles. The SMILES string of the molecule is O=C(C1CC1)N1CCC(O)(Cn2cnc3c(cnn3-c3ccc(-c4cccc(OCC5CC5)c4)cc3)c2=O)CC1. The van der Waals surface area contributed by atoms with Crippen LogP contribution in [0.2, 0.25) is 0 Å². The standard InChI is InChI=1S/C31H33N5O4/c37-29(23-6-7-23)34-14-12-31(39,13-15-34)19-35-20-32-28-27(30(35)38)17-33-36(28)25-10-8-22(9-11-25)24-2-1-3-26(16-24)40-18-21-4-5-21/h1-3,8-11,16-17,20-21,23,39H,4-7,12-15,18-19H2. The van der Waals surface area contributed by atoms with E-state index >= 15 is 0 Å². The van der Waals surface area contributed by atoms with Gasteiger partial charge in [0.2, 0.25) is 5.91 Å². The van der Waals surface area contributed by atoms with Crippen LogP contribution in [0.25, 0.3) is 27.8 Å². The molecule has 3 heterocycles. The number of nitrogens with zero attached hydrogens (tertiary/aromatic N) is 5. The van der Waals surface area contributed by atoms with Crippen LogP contribution in [0.5, 0.6) is 5.75 Å². The summed E-state index contributed by atoms with van der Waals surface area (Å²) in [5.74, 6) is 1.97. The first-order chi connectivity index (χ1) is 19.5. The number of fused-ring (bicyclic) bond motifs is 1. The van der Waals surface area contributed by atoms with Crippen molar-refractivity contribution in [2.24, 2.45) is 11.8 Å². The number of carbonyl (C=O) groups excluding carboxylic acids is 1. The molecule has 1 N–H and O–H groups in total. The third-order valence-electron chi connectivity index (χ3n) is 8.41. The Morgan fingerprint density at radius 2 is 1.80 bits per heavy atom. The molecular formula is C31H33N5O4. The van der Waals surface area contributed by atoms with Gasteiger partial charge in [-0.1, -0.05) is 24.3 Å². The molecule has 4 aromatic rings. The van der Waals surface area contributed by atoms with Crippen molar-refractivity contribution in [2.45, 2.75) is 50.7 Å². The summed E-state index contributed by atoms with van der Waals surface area (Å²) in [5.41, 5.74) is 2.13. The second-order valence-electron chi connectivity index (χ2n) is 11.6. The van der Waals surface area contributed by atoms with Gasteiger partial charge in [0, 0.05) is 19.0 Å². The number of aromatic nitrogens is 4. The quantitative estimate of drug-likeness (QED) is 0.366. The molecule has 0 atom stereocenters. The highest BCUT2D eigenvalue weighted by Gasteiger charge is 2.39. The Labute approximate surface area is 232 Å². The third-order valence-corrected chi connectivity index (χ3v) is 8.41. The average molecular weight is 540 g/mol. The molecule has 0 spiro atoms. The summed E-state index contributed by atoms with van der Waals surface area (Å²) in [6.45, 7) is 1.95. The molecular weight excluding hydrogens is 506 g/mol. The summed E-state index contributed by atoms with van der Waals surface area (Å²) in [5, 5.41) is 16.1. The highest BCUT2D eigenvalue weighted by atomic mass is 16.5. The van der Waals surface area contributed by atoms with E-state index in [9.17, 15) is 14.7 Å². The summed E-state index contributed by atoms with van der Waals surface area (Å²) in [7, 11) is 0. The van der Waals surface area contributed by atoms with Crippen molar-refractivity contribution in [3.63, 3.8) is 0 Å². The van der Waals surface area contributed by atoms with E-state index in [1.807, 2.05) is 41.3 Å². The predicted octanol–water partition coefficient (Wildman–Crippen LogP) is 3.80. The summed E-state index contributed by atoms with van der Waals surface area (Å²) in [6, 6.07) is 16.1. The zero-order valence-corrected chi connectivity index (χ0v) is 22.4. The molecule has 0 unspecified atom stereocenters. The van der Waals surface area contributed by atoms with Crippen molar-refractivity contribution in [2.75, 3.05) is 19.7 Å². The Kier molecular flexibility index (Phi) is 6.19. The fraction of sp³-hybridized carbons (Fsp3) is 0.419. The lowest BCUT2D eigenvalue weighted by molar-refractivity contribution is -0.137. The largest absolute Gasteiger partial charge is 0.493 e. The lowest BCUT2D eigenvalue weighted by Gasteiger charge is -2.38. The topological polar surface area (TPSA) is 102 Å². The number of hydrogen-bond donors (Lipinski definition) is 1. The van der Waals surface area contributed by atoms with Gasteiger partial charge in [0.1, 0.15) is 17.5 Å². The lowest BCUT2D eigenvalue weighted by Crippen LogP contribution is -2.50. The molecule has 40 heavy (non-hydrogen) atoms. The third kappa shape index (κ3) is 5.01. The molecule has 206 valence electrons. The Hall–Kier alpha value is -3.98. The maximum absolute atomic E-state index is 13.3. The van der Waals surface area contributed by atoms with E-state index in [-0.39, 0.29) is 23.9 Å². The molecule has 2 aliphatic carbocycles. The molecule has 2 aromatic heterocycles. The van der Waals surface area contributed by atoms with E-state index in [1.54, 1.807) is 4.68 Å². The van der Waals surface area contributed by atoms with E-state index in [0.29, 0.717) is 42.9 Å². The van der Waals surface area contributed by atoms with Gasteiger partial charge in [-0.25, -0.2) is 9.67 Å². The van der Waals surface area contributed by atoms with Crippen LogP contribution in [-0.2, 0) is 11.3 Å². The zero-order chi connectivity index (χ0) is 27.3. The number of piperidine rings is 1. The minimum Gasteiger partial charge on any atom is -0.493 e. The van der Waals surface area contributed by atoms with E-state index < -0.39 is 5.60 Å². The first-order valence-electron chi connectivity index (χ1n) is 14.2. The number of hydrogen-bond acceptors (Lipinski definition) is 6. The first-order valence-corrected chi connectivity index (χ1v) is 14.2. The summed E-state index contributed by atoms with van der Waals surface area (Å²) in [4.78, 5) is 32.1. The monoisotopic (exact) mass is 539 g/mol. The number of carbonyl (C=O) groups is 1. The van der Waals surface area contributed by atoms with E-state index in [4.69, 9.17) is 4.74 Å². The van der Waals surface area contributed by atoms with Crippen LogP contribution in [0.4, 0.5) is 0 Å². The van der Waals surface area contributed by atoms with E-state index in [1.165, 1.54) is 29.9 Å². The number of ether oxygens (including phenoxy) is 1. The van der Waals surface area contributed by atoms with Gasteiger partial charge in [-0.3, -0.25) is 14.2 Å². The van der Waals surface area contributed by atoms with Gasteiger partial charge in [-0.2, -0.15) is 5.10 Å². The van der Waals surface area contributed by atoms with E-state index in [0.717, 1.165) is 42.0 Å². The van der Waals surface area contributed by atoms with Crippen molar-refractivity contribution in [1.82, 2.24) is 24.2 Å². The first kappa shape index (κ1) is 25.0. The van der Waals surface area contributed by atoms with Crippen LogP contribution in [0.15, 0.2) is 65.8 Å². The van der Waals surface area contributed by atoms with Crippen LogP contribution in [0.1, 0.15) is 38.5 Å². The molecule has 9 heteroatoms. The highest BCUT2D eigenvalue weighted by molar-refractivity contribution is 5.81. The van der Waals surface area contributed by atoms with Gasteiger partial charge < -0.3 is 14.7 Å². The minimum absolute atomic E-state index is 0.142. The number of rotatable bonds is 8. The molecule has 3 aliphatic rings. The van der Waals surface area contributed by atoms with Gasteiger partial charge in [0.25, 0.3) is 5.56 Å². The predicted molar refractivity (Wildman–Crippen MR) is 150 cm³/mol. The average Bonchev–Trinajstić information content (AvgIpc) is 3.92. The second kappa shape index (κ2) is 9.89. The Morgan fingerprint density at radius 3 is 2.52 bits per heavy atom. The maximum Gasteiger partial charge on any atom is 0.264 e. The fourth-order valence-corrected chi connectivity index (χ4v) is 5.52. The Bertz CT molecular complexity index is 1610. The van der Waals surface area contributed by atoms with Crippen LogP contribution >= 0.6 is 0 Å². The lowest BCUT2D eigenvalue weighted by atomic mass is 9.91. The molecule has 1 saturated heterocycles. The maximum atomic E-state index is 13.3. The van der Waals surface area contributed by atoms with Crippen molar-refractivity contribution in [1.29, 1.82) is 0 Å². The molecule has 9 nitrogen and oxygen atoms in total. The summed E-state index contributed by atoms with van der Waals surface area (Å²) < 4.78 is 9.07. The van der Waals surface area contributed by atoms with Crippen LogP contribution in [-0.4, -0.2) is 60.5 Å². The molecule has 1 amide bonds. The minimum atomic E-state index is -1.05. The molecule has 7 rings (SSSR count). The highest BCUT2D eigenvalue weighted by Crippen LogP contribution is 2.34. The van der Waals surface area contributed by atoms with Gasteiger partial charge in [-0.05, 0) is 79.8 Å². The van der Waals surface area contributed by atoms with Gasteiger partial charge in [0.05, 0.1) is 30.6 Å². The van der Waals surface area contributed by atoms with Crippen LogP contribution in [0.3, 0.4) is 0 Å². The molecule has 3 fully saturated rings. The summed E-state index contributed by atoms with van der Waals surface area (Å²) in [6.07, 6.45) is 8.38. The number of likely N-dealkylation sites (tertiary alicyclic amines) is 1. The number of benzene rings is 2. The van der Waals surface area contributed by atoms with Crippen molar-refractivity contribution < 1.29 is 14.6 Å². The molecule has 0 radical (unpaired) electrons. The zero-order valence-electron chi connectivity index (χ0n) is 22.4. The van der Waals surface area contributed by atoms with Gasteiger partial charge in [-0.15, -0.1) is 0 Å². The Balaban J connectivity index is 1.06. The number of amides is 1. The van der Waals surface area contributed by atoms with Crippen LogP contribution < -0.4 is 10.3 Å². The van der Waals surface area contributed by atoms with Gasteiger partial charge in [0.15, 0.2) is 5.65 Å². The second-order valence-corrected chi connectivity index (χ2v) is 11.6. The summed E-state index contributed by atoms with van der Waals surface area (Å²) >= 11 is 0. The van der Waals surface area contributed by atoms with Crippen molar-refractivity contribution in [3.05, 3.63) is 71.4 Å². The normalized spacial score (nSPS) is 18.7. The molecule has 2 aromatic carbocycles. The van der Waals surface area contributed by atoms with Crippen molar-refractivity contribution >= 4 is 16.9 Å². The van der Waals surface area contributed by atoms with Crippen molar-refractivity contribution in [3.8, 4) is 22.6 Å². The fourth-order valence-electron chi connectivity index (χ4n) is 5.52. The molecule has 0 bridgehead atoms.